The number of nitrogens with one attached hydrogen (secondary N) is 1. The molecule has 1 heterocycles. The highest BCUT2D eigenvalue weighted by molar-refractivity contribution is 7.99. The van der Waals surface area contributed by atoms with Gasteiger partial charge < -0.3 is 4.42 Å². The maximum atomic E-state index is 12.0. The number of halogens is 1. The van der Waals surface area contributed by atoms with Crippen LogP contribution in [0.15, 0.2) is 57.8 Å². The Morgan fingerprint density at radius 3 is 2.56 bits per heavy atom. The van der Waals surface area contributed by atoms with E-state index in [2.05, 4.69) is 27.6 Å². The Kier molecular flexibility index (Phi) is 5.73. The Morgan fingerprint density at radius 1 is 1.12 bits per heavy atom. The standard InChI is InChI=1S/C18H16ClN3O2S/c1-12-2-8-15(9-3-12)25-11-10-16(23)20-18-22-21-17(24-18)13-4-6-14(19)7-5-13/h2-9H,10-11H2,1H3,(H,20,22,23). The van der Waals surface area contributed by atoms with Crippen LogP contribution < -0.4 is 5.32 Å². The lowest BCUT2D eigenvalue weighted by Crippen LogP contribution is -2.12. The third-order valence-electron chi connectivity index (χ3n) is 3.38. The molecule has 5 nitrogen and oxygen atoms in total. The summed E-state index contributed by atoms with van der Waals surface area (Å²) in [5, 5.41) is 11.0. The molecule has 0 atom stereocenters. The number of amides is 1. The minimum atomic E-state index is -0.161. The first-order chi connectivity index (χ1) is 12.1. The van der Waals surface area contributed by atoms with Gasteiger partial charge in [0.25, 0.3) is 0 Å². The van der Waals surface area contributed by atoms with E-state index in [9.17, 15) is 4.79 Å². The summed E-state index contributed by atoms with van der Waals surface area (Å²) in [4.78, 5) is 13.1. The van der Waals surface area contributed by atoms with E-state index in [0.717, 1.165) is 10.5 Å². The molecule has 1 aromatic heterocycles. The quantitative estimate of drug-likeness (QED) is 0.627. The van der Waals surface area contributed by atoms with Crippen LogP contribution in [0.5, 0.6) is 0 Å². The molecule has 0 aliphatic carbocycles. The first-order valence-electron chi connectivity index (χ1n) is 7.69. The molecule has 7 heteroatoms. The molecule has 2 aromatic carbocycles. The smallest absolute Gasteiger partial charge is 0.322 e. The van der Waals surface area contributed by atoms with Gasteiger partial charge in [0.15, 0.2) is 0 Å². The number of anilines is 1. The number of hydrogen-bond donors (Lipinski definition) is 1. The predicted molar refractivity (Wildman–Crippen MR) is 99.9 cm³/mol. The van der Waals surface area contributed by atoms with Crippen molar-refractivity contribution in [1.29, 1.82) is 0 Å². The van der Waals surface area contributed by atoms with Crippen LogP contribution in [0, 0.1) is 6.92 Å². The number of thioether (sulfide) groups is 1. The first-order valence-corrected chi connectivity index (χ1v) is 9.05. The molecule has 1 N–H and O–H groups in total. The van der Waals surface area contributed by atoms with Crippen molar-refractivity contribution in [2.75, 3.05) is 11.1 Å². The molecule has 0 radical (unpaired) electrons. The molecule has 3 rings (SSSR count). The fourth-order valence-corrected chi connectivity index (χ4v) is 3.04. The van der Waals surface area contributed by atoms with Crippen LogP contribution in [-0.2, 0) is 4.79 Å². The Bertz CT molecular complexity index is 848. The second kappa shape index (κ2) is 8.18. The summed E-state index contributed by atoms with van der Waals surface area (Å²) < 4.78 is 5.45. The molecule has 0 bridgehead atoms. The highest BCUT2D eigenvalue weighted by Gasteiger charge is 2.11. The number of benzene rings is 2. The molecule has 3 aromatic rings. The van der Waals surface area contributed by atoms with Crippen LogP contribution in [0.25, 0.3) is 11.5 Å². The maximum absolute atomic E-state index is 12.0. The molecule has 0 saturated carbocycles. The van der Waals surface area contributed by atoms with Crippen LogP contribution in [0.1, 0.15) is 12.0 Å². The summed E-state index contributed by atoms with van der Waals surface area (Å²) in [6.45, 7) is 2.05. The molecule has 0 aliphatic rings. The number of rotatable bonds is 6. The average Bonchev–Trinajstić information content (AvgIpc) is 3.06. The Balaban J connectivity index is 1.49. The van der Waals surface area contributed by atoms with Crippen molar-refractivity contribution in [3.8, 4) is 11.5 Å². The van der Waals surface area contributed by atoms with Gasteiger partial charge in [0.2, 0.25) is 11.8 Å². The van der Waals surface area contributed by atoms with Gasteiger partial charge in [-0.05, 0) is 43.3 Å². The van der Waals surface area contributed by atoms with E-state index in [4.69, 9.17) is 16.0 Å². The van der Waals surface area contributed by atoms with E-state index in [0.29, 0.717) is 23.1 Å². The molecule has 0 unspecified atom stereocenters. The molecular formula is C18H16ClN3O2S. The van der Waals surface area contributed by atoms with Crippen LogP contribution in [0.3, 0.4) is 0 Å². The minimum absolute atomic E-state index is 0.0929. The van der Waals surface area contributed by atoms with Gasteiger partial charge in [0, 0.05) is 27.7 Å². The Labute approximate surface area is 154 Å². The molecule has 25 heavy (non-hydrogen) atoms. The molecule has 0 spiro atoms. The molecule has 0 saturated heterocycles. The minimum Gasteiger partial charge on any atom is -0.403 e. The summed E-state index contributed by atoms with van der Waals surface area (Å²) in [6, 6.07) is 15.3. The third-order valence-corrected chi connectivity index (χ3v) is 4.65. The lowest BCUT2D eigenvalue weighted by Gasteiger charge is -2.02. The van der Waals surface area contributed by atoms with E-state index in [1.54, 1.807) is 36.0 Å². The fraction of sp³-hybridized carbons (Fsp3) is 0.167. The summed E-state index contributed by atoms with van der Waals surface area (Å²) in [5.74, 6) is 0.847. The zero-order valence-electron chi connectivity index (χ0n) is 13.5. The zero-order chi connectivity index (χ0) is 17.6. The number of aromatic nitrogens is 2. The topological polar surface area (TPSA) is 68.0 Å². The molecule has 128 valence electrons. The van der Waals surface area contributed by atoms with Crippen molar-refractivity contribution < 1.29 is 9.21 Å². The van der Waals surface area contributed by atoms with E-state index in [1.807, 2.05) is 19.1 Å². The van der Waals surface area contributed by atoms with Crippen molar-refractivity contribution in [2.24, 2.45) is 0 Å². The second-order valence-corrected chi connectivity index (χ2v) is 6.98. The van der Waals surface area contributed by atoms with Gasteiger partial charge >= 0.3 is 6.01 Å². The van der Waals surface area contributed by atoms with E-state index in [-0.39, 0.29) is 11.9 Å². The van der Waals surface area contributed by atoms with Crippen molar-refractivity contribution in [1.82, 2.24) is 10.2 Å². The number of nitrogens with zero attached hydrogens (tertiary/aromatic N) is 2. The highest BCUT2D eigenvalue weighted by Crippen LogP contribution is 2.22. The van der Waals surface area contributed by atoms with Gasteiger partial charge in [-0.3, -0.25) is 10.1 Å². The molecule has 1 amide bonds. The molecular weight excluding hydrogens is 358 g/mol. The first kappa shape index (κ1) is 17.5. The maximum Gasteiger partial charge on any atom is 0.322 e. The fourth-order valence-electron chi connectivity index (χ4n) is 2.06. The van der Waals surface area contributed by atoms with Crippen LogP contribution in [-0.4, -0.2) is 21.9 Å². The lowest BCUT2D eigenvalue weighted by molar-refractivity contribution is -0.115. The van der Waals surface area contributed by atoms with Gasteiger partial charge in [-0.2, -0.15) is 0 Å². The summed E-state index contributed by atoms with van der Waals surface area (Å²) >= 11 is 7.48. The SMILES string of the molecule is Cc1ccc(SCCC(=O)Nc2nnc(-c3ccc(Cl)cc3)o2)cc1. The number of aryl methyl sites for hydroxylation is 1. The number of carbonyl (C=O) groups excluding carboxylic acids is 1. The largest absolute Gasteiger partial charge is 0.403 e. The van der Waals surface area contributed by atoms with E-state index in [1.165, 1.54) is 5.56 Å². The highest BCUT2D eigenvalue weighted by atomic mass is 35.5. The predicted octanol–water partition coefficient (Wildman–Crippen LogP) is 4.82. The lowest BCUT2D eigenvalue weighted by atomic mass is 10.2. The van der Waals surface area contributed by atoms with Crippen molar-refractivity contribution in [3.05, 3.63) is 59.1 Å². The van der Waals surface area contributed by atoms with Gasteiger partial charge in [-0.15, -0.1) is 16.9 Å². The number of hydrogen-bond acceptors (Lipinski definition) is 5. The van der Waals surface area contributed by atoms with Gasteiger partial charge in [0.05, 0.1) is 0 Å². The van der Waals surface area contributed by atoms with E-state index < -0.39 is 0 Å². The monoisotopic (exact) mass is 373 g/mol. The van der Waals surface area contributed by atoms with Crippen molar-refractivity contribution in [3.63, 3.8) is 0 Å². The van der Waals surface area contributed by atoms with Crippen molar-refractivity contribution >= 4 is 35.3 Å². The molecule has 0 aliphatic heterocycles. The normalized spacial score (nSPS) is 10.6. The van der Waals surface area contributed by atoms with Crippen LogP contribution in [0.4, 0.5) is 6.01 Å². The number of carbonyl (C=O) groups is 1. The summed E-state index contributed by atoms with van der Waals surface area (Å²) in [6.07, 6.45) is 0.358. The Hall–Kier alpha value is -2.31. The second-order valence-electron chi connectivity index (χ2n) is 5.38. The Morgan fingerprint density at radius 2 is 1.84 bits per heavy atom. The van der Waals surface area contributed by atoms with Gasteiger partial charge in [-0.25, -0.2) is 0 Å². The van der Waals surface area contributed by atoms with Gasteiger partial charge in [-0.1, -0.05) is 34.4 Å². The molecule has 0 fully saturated rings. The summed E-state index contributed by atoms with van der Waals surface area (Å²) in [7, 11) is 0. The van der Waals surface area contributed by atoms with E-state index >= 15 is 0 Å². The summed E-state index contributed by atoms with van der Waals surface area (Å²) in [5.41, 5.74) is 1.96. The third kappa shape index (κ3) is 5.08. The van der Waals surface area contributed by atoms with Crippen LogP contribution >= 0.6 is 23.4 Å². The zero-order valence-corrected chi connectivity index (χ0v) is 15.1. The van der Waals surface area contributed by atoms with Crippen LogP contribution in [0.2, 0.25) is 5.02 Å². The van der Waals surface area contributed by atoms with Crippen molar-refractivity contribution in [2.45, 2.75) is 18.2 Å². The average molecular weight is 374 g/mol. The van der Waals surface area contributed by atoms with Gasteiger partial charge in [0.1, 0.15) is 0 Å².